The molecule has 0 unspecified atom stereocenters. The predicted molar refractivity (Wildman–Crippen MR) is 134 cm³/mol. The van der Waals surface area contributed by atoms with Gasteiger partial charge in [-0.15, -0.1) is 11.3 Å². The van der Waals surface area contributed by atoms with Crippen LogP contribution in [0.15, 0.2) is 40.4 Å². The molecule has 2 aliphatic carbocycles. The number of carbonyl (C=O) groups excluding carboxylic acids is 2. The average molecular weight is 463 g/mol. The lowest BCUT2D eigenvalue weighted by Gasteiger charge is -2.23. The molecule has 172 valence electrons. The van der Waals surface area contributed by atoms with Crippen molar-refractivity contribution in [2.75, 3.05) is 5.01 Å². The first kappa shape index (κ1) is 22.0. The highest BCUT2D eigenvalue weighted by Gasteiger charge is 2.34. The Morgan fingerprint density at radius 1 is 1.12 bits per heavy atom. The summed E-state index contributed by atoms with van der Waals surface area (Å²) in [6, 6.07) is 9.69. The fraction of sp³-hybridized carbons (Fsp3) is 0.462. The number of thiophene rings is 1. The van der Waals surface area contributed by atoms with Crippen molar-refractivity contribution in [3.8, 4) is 0 Å². The molecule has 7 heteroatoms. The Kier molecular flexibility index (Phi) is 6.40. The zero-order valence-electron chi connectivity index (χ0n) is 19.0. The van der Waals surface area contributed by atoms with E-state index in [-0.39, 0.29) is 17.9 Å². The van der Waals surface area contributed by atoms with Crippen molar-refractivity contribution in [1.29, 1.82) is 0 Å². The topological polar surface area (TPSA) is 74.1 Å². The first-order valence-electron chi connectivity index (χ1n) is 12.1. The van der Waals surface area contributed by atoms with Crippen molar-refractivity contribution in [2.24, 2.45) is 16.0 Å². The van der Waals surface area contributed by atoms with Gasteiger partial charge in [0.05, 0.1) is 17.0 Å². The van der Waals surface area contributed by atoms with Crippen molar-refractivity contribution in [3.63, 3.8) is 0 Å². The van der Waals surface area contributed by atoms with Crippen LogP contribution in [0, 0.1) is 5.92 Å². The maximum Gasteiger partial charge on any atom is 0.261 e. The number of amides is 2. The minimum atomic E-state index is -0.515. The number of hydrogen-bond donors (Lipinski definition) is 1. The molecule has 1 saturated carbocycles. The molecule has 2 amide bonds. The highest BCUT2D eigenvalue weighted by molar-refractivity contribution is 7.16. The largest absolute Gasteiger partial charge is 0.349 e. The lowest BCUT2D eigenvalue weighted by Crippen LogP contribution is -2.36. The predicted octanol–water partition coefficient (Wildman–Crippen LogP) is 5.43. The molecule has 2 heterocycles. The lowest BCUT2D eigenvalue weighted by atomic mass is 9.93. The number of para-hydroxylation sites is 1. The Morgan fingerprint density at radius 3 is 2.67 bits per heavy atom. The molecule has 1 atom stereocenters. The molecule has 1 aromatic heterocycles. The molecule has 0 bridgehead atoms. The van der Waals surface area contributed by atoms with Crippen molar-refractivity contribution in [3.05, 3.63) is 46.3 Å². The van der Waals surface area contributed by atoms with Crippen LogP contribution in [0.3, 0.4) is 0 Å². The van der Waals surface area contributed by atoms with Crippen molar-refractivity contribution in [1.82, 2.24) is 5.32 Å². The molecule has 1 aliphatic heterocycles. The number of aryl methyl sites for hydroxylation is 1. The van der Waals surface area contributed by atoms with Crippen LogP contribution in [0.1, 0.15) is 72.7 Å². The molecule has 6 nitrogen and oxygen atoms in total. The minimum absolute atomic E-state index is 0.00231. The van der Waals surface area contributed by atoms with Crippen molar-refractivity contribution >= 4 is 45.8 Å². The monoisotopic (exact) mass is 462 g/mol. The summed E-state index contributed by atoms with van der Waals surface area (Å²) in [5.74, 6) is -0.627. The second kappa shape index (κ2) is 9.59. The van der Waals surface area contributed by atoms with Crippen LogP contribution < -0.4 is 10.3 Å². The molecule has 1 aromatic carbocycles. The zero-order valence-corrected chi connectivity index (χ0v) is 19.9. The van der Waals surface area contributed by atoms with E-state index in [1.807, 2.05) is 37.3 Å². The number of fused-ring (bicyclic) bond motifs is 1. The van der Waals surface area contributed by atoms with E-state index < -0.39 is 5.92 Å². The van der Waals surface area contributed by atoms with E-state index in [1.165, 1.54) is 34.7 Å². The van der Waals surface area contributed by atoms with E-state index in [1.54, 1.807) is 17.6 Å². The van der Waals surface area contributed by atoms with Crippen LogP contribution >= 0.6 is 11.3 Å². The molecule has 1 fully saturated rings. The standard InChI is InChI=1S/C26H30N4O2S/c1-17-21(26(32)30(29-17)19-12-6-3-7-13-19)16-27-25-23(20-14-8-9-15-22(20)33-25)24(31)28-18-10-4-2-5-11-18/h3,6-7,12-13,16,18,21H,2,4-5,8-11,14-15H2,1H3,(H,28,31)/t21-/m1/s1. The van der Waals surface area contributed by atoms with Crippen molar-refractivity contribution < 1.29 is 9.59 Å². The quantitative estimate of drug-likeness (QED) is 0.602. The molecule has 5 rings (SSSR count). The number of rotatable bonds is 5. The van der Waals surface area contributed by atoms with Gasteiger partial charge in [-0.1, -0.05) is 37.5 Å². The molecule has 1 N–H and O–H groups in total. The number of nitrogens with zero attached hydrogens (tertiary/aromatic N) is 3. The van der Waals surface area contributed by atoms with Crippen LogP contribution in [-0.4, -0.2) is 29.8 Å². The Hall–Kier alpha value is -2.80. The summed E-state index contributed by atoms with van der Waals surface area (Å²) in [4.78, 5) is 32.4. The maximum atomic E-state index is 13.4. The maximum absolute atomic E-state index is 13.4. The van der Waals surface area contributed by atoms with E-state index in [4.69, 9.17) is 4.99 Å². The van der Waals surface area contributed by atoms with E-state index in [9.17, 15) is 9.59 Å². The number of benzene rings is 1. The van der Waals surface area contributed by atoms with Crippen LogP contribution in [0.4, 0.5) is 10.7 Å². The van der Waals surface area contributed by atoms with Gasteiger partial charge in [0.1, 0.15) is 10.9 Å². The number of nitrogens with one attached hydrogen (secondary N) is 1. The second-order valence-electron chi connectivity index (χ2n) is 9.18. The van der Waals surface area contributed by atoms with Gasteiger partial charge in [0, 0.05) is 17.1 Å². The molecule has 3 aliphatic rings. The van der Waals surface area contributed by atoms with Gasteiger partial charge < -0.3 is 5.32 Å². The third-order valence-corrected chi connectivity index (χ3v) is 8.04. The molecule has 0 saturated heterocycles. The van der Waals surface area contributed by atoms with E-state index in [0.717, 1.165) is 54.8 Å². The summed E-state index contributed by atoms with van der Waals surface area (Å²) in [7, 11) is 0. The molecular formula is C26H30N4O2S. The minimum Gasteiger partial charge on any atom is -0.349 e. The average Bonchev–Trinajstić information content (AvgIpc) is 3.35. The zero-order chi connectivity index (χ0) is 22.8. The molecule has 33 heavy (non-hydrogen) atoms. The highest BCUT2D eigenvalue weighted by Crippen LogP contribution is 2.40. The highest BCUT2D eigenvalue weighted by atomic mass is 32.1. The van der Waals surface area contributed by atoms with Crippen LogP contribution in [0.5, 0.6) is 0 Å². The fourth-order valence-corrected chi connectivity index (χ4v) is 6.27. The Labute approximate surface area is 198 Å². The number of carbonyl (C=O) groups is 2. The summed E-state index contributed by atoms with van der Waals surface area (Å²) in [5.41, 5.74) is 3.36. The molecule has 0 spiro atoms. The van der Waals surface area contributed by atoms with Gasteiger partial charge >= 0.3 is 0 Å². The number of anilines is 1. The van der Waals surface area contributed by atoms with E-state index in [0.29, 0.717) is 5.71 Å². The number of hydrazone groups is 1. The van der Waals surface area contributed by atoms with Gasteiger partial charge in [0.15, 0.2) is 0 Å². The van der Waals surface area contributed by atoms with Gasteiger partial charge in [-0.3, -0.25) is 9.59 Å². The van der Waals surface area contributed by atoms with E-state index >= 15 is 0 Å². The Bertz CT molecular complexity index is 1100. The van der Waals surface area contributed by atoms with E-state index in [2.05, 4.69) is 10.4 Å². The molecule has 2 aromatic rings. The number of hydrogen-bond acceptors (Lipinski definition) is 5. The van der Waals surface area contributed by atoms with Gasteiger partial charge in [-0.05, 0) is 63.1 Å². The van der Waals surface area contributed by atoms with Gasteiger partial charge in [-0.2, -0.15) is 10.1 Å². The summed E-state index contributed by atoms with van der Waals surface area (Å²) in [5, 5.41) is 9.92. The first-order chi connectivity index (χ1) is 16.1. The Morgan fingerprint density at radius 2 is 1.88 bits per heavy atom. The lowest BCUT2D eigenvalue weighted by molar-refractivity contribution is -0.118. The summed E-state index contributed by atoms with van der Waals surface area (Å²) in [6.07, 6.45) is 11.6. The third kappa shape index (κ3) is 4.51. The fourth-order valence-electron chi connectivity index (χ4n) is 5.03. The summed E-state index contributed by atoms with van der Waals surface area (Å²) in [6.45, 7) is 1.85. The first-order valence-corrected chi connectivity index (χ1v) is 12.9. The van der Waals surface area contributed by atoms with Crippen LogP contribution in [-0.2, 0) is 17.6 Å². The Balaban J connectivity index is 1.40. The molecule has 0 radical (unpaired) electrons. The van der Waals surface area contributed by atoms with Gasteiger partial charge in [0.2, 0.25) is 0 Å². The SMILES string of the molecule is CC1=NN(c2ccccc2)C(=O)[C@@H]1C=Nc1sc2c(c1C(=O)NC1CCCCC1)CCCC2. The van der Waals surface area contributed by atoms with Gasteiger partial charge in [-0.25, -0.2) is 4.99 Å². The third-order valence-electron chi connectivity index (χ3n) is 6.84. The number of aliphatic imine (C=N–C) groups is 1. The summed E-state index contributed by atoms with van der Waals surface area (Å²) >= 11 is 1.61. The van der Waals surface area contributed by atoms with Crippen LogP contribution in [0.25, 0.3) is 0 Å². The van der Waals surface area contributed by atoms with Crippen LogP contribution in [0.2, 0.25) is 0 Å². The van der Waals surface area contributed by atoms with Crippen molar-refractivity contribution in [2.45, 2.75) is 70.8 Å². The smallest absolute Gasteiger partial charge is 0.261 e. The van der Waals surface area contributed by atoms with Gasteiger partial charge in [0.25, 0.3) is 11.8 Å². The normalized spacial score (nSPS) is 21.4. The summed E-state index contributed by atoms with van der Waals surface area (Å²) < 4.78 is 0. The molecular weight excluding hydrogens is 432 g/mol. The second-order valence-corrected chi connectivity index (χ2v) is 10.3.